The van der Waals surface area contributed by atoms with Gasteiger partial charge in [0.15, 0.2) is 5.65 Å². The molecule has 2 aromatic heterocycles. The van der Waals surface area contributed by atoms with E-state index >= 15 is 0 Å². The van der Waals surface area contributed by atoms with Gasteiger partial charge >= 0.3 is 0 Å². The fourth-order valence-electron chi connectivity index (χ4n) is 2.13. The molecule has 7 heteroatoms. The molecule has 0 aliphatic heterocycles. The third-order valence-electron chi connectivity index (χ3n) is 3.19. The summed E-state index contributed by atoms with van der Waals surface area (Å²) in [6.07, 6.45) is 3.34. The van der Waals surface area contributed by atoms with Crippen molar-refractivity contribution in [3.63, 3.8) is 0 Å². The number of fused-ring (bicyclic) bond motifs is 1. The van der Waals surface area contributed by atoms with Crippen LogP contribution in [-0.4, -0.2) is 21.2 Å². The first-order valence-electron chi connectivity index (χ1n) is 6.80. The van der Waals surface area contributed by atoms with Gasteiger partial charge in [0.25, 0.3) is 0 Å². The van der Waals surface area contributed by atoms with E-state index in [0.29, 0.717) is 28.1 Å². The van der Waals surface area contributed by atoms with Crippen molar-refractivity contribution in [2.24, 2.45) is 0 Å². The van der Waals surface area contributed by atoms with Gasteiger partial charge in [-0.2, -0.15) is 0 Å². The molecule has 0 radical (unpaired) electrons. The number of aryl methyl sites for hydroxylation is 1. The second-order valence-electron chi connectivity index (χ2n) is 4.83. The molecule has 3 aromatic rings. The SMILES string of the molecule is Nc1ccc2nnc(CCCOc3ccc(Cl)cc3Cl)n2c1. The quantitative estimate of drug-likeness (QED) is 0.722. The minimum atomic E-state index is 0.508. The summed E-state index contributed by atoms with van der Waals surface area (Å²) in [5.41, 5.74) is 7.25. The first kappa shape index (κ1) is 14.9. The van der Waals surface area contributed by atoms with E-state index < -0.39 is 0 Å². The first-order chi connectivity index (χ1) is 10.6. The van der Waals surface area contributed by atoms with Crippen LogP contribution in [0.15, 0.2) is 36.5 Å². The molecule has 22 heavy (non-hydrogen) atoms. The molecule has 0 fully saturated rings. The number of ether oxygens (including phenoxy) is 1. The minimum Gasteiger partial charge on any atom is -0.492 e. The lowest BCUT2D eigenvalue weighted by Crippen LogP contribution is -2.03. The van der Waals surface area contributed by atoms with E-state index in [9.17, 15) is 0 Å². The van der Waals surface area contributed by atoms with Crippen molar-refractivity contribution in [2.45, 2.75) is 12.8 Å². The van der Waals surface area contributed by atoms with Crippen LogP contribution in [0.4, 0.5) is 5.69 Å². The lowest BCUT2D eigenvalue weighted by atomic mass is 10.3. The molecule has 2 heterocycles. The van der Waals surface area contributed by atoms with Gasteiger partial charge in [-0.05, 0) is 36.8 Å². The van der Waals surface area contributed by atoms with Gasteiger partial charge in [0.05, 0.1) is 11.6 Å². The summed E-state index contributed by atoms with van der Waals surface area (Å²) in [5.74, 6) is 1.48. The van der Waals surface area contributed by atoms with E-state index in [1.165, 1.54) is 0 Å². The predicted octanol–water partition coefficient (Wildman–Crippen LogP) is 3.63. The highest BCUT2D eigenvalue weighted by Crippen LogP contribution is 2.27. The molecule has 0 saturated carbocycles. The summed E-state index contributed by atoms with van der Waals surface area (Å²) in [6, 6.07) is 8.82. The van der Waals surface area contributed by atoms with Crippen molar-refractivity contribution in [3.05, 3.63) is 52.4 Å². The molecule has 1 aromatic carbocycles. The lowest BCUT2D eigenvalue weighted by molar-refractivity contribution is 0.310. The Bertz CT molecular complexity index is 803. The number of benzene rings is 1. The van der Waals surface area contributed by atoms with Gasteiger partial charge in [0.2, 0.25) is 0 Å². The number of aromatic nitrogens is 3. The van der Waals surface area contributed by atoms with Gasteiger partial charge in [-0.25, -0.2) is 0 Å². The van der Waals surface area contributed by atoms with E-state index in [-0.39, 0.29) is 0 Å². The zero-order valence-corrected chi connectivity index (χ0v) is 13.2. The van der Waals surface area contributed by atoms with Gasteiger partial charge in [-0.3, -0.25) is 4.40 Å². The number of rotatable bonds is 5. The molecule has 114 valence electrons. The van der Waals surface area contributed by atoms with Crippen molar-refractivity contribution < 1.29 is 4.74 Å². The van der Waals surface area contributed by atoms with Crippen LogP contribution in [0.3, 0.4) is 0 Å². The van der Waals surface area contributed by atoms with Gasteiger partial charge in [-0.1, -0.05) is 23.2 Å². The Morgan fingerprint density at radius 3 is 2.82 bits per heavy atom. The van der Waals surface area contributed by atoms with E-state index in [4.69, 9.17) is 33.7 Å². The van der Waals surface area contributed by atoms with Crippen LogP contribution in [-0.2, 0) is 6.42 Å². The maximum atomic E-state index is 6.05. The summed E-state index contributed by atoms with van der Waals surface area (Å²) in [4.78, 5) is 0. The second-order valence-corrected chi connectivity index (χ2v) is 5.68. The van der Waals surface area contributed by atoms with Crippen LogP contribution < -0.4 is 10.5 Å². The van der Waals surface area contributed by atoms with Crippen molar-refractivity contribution in [2.75, 3.05) is 12.3 Å². The molecule has 0 aliphatic rings. The fourth-order valence-corrected chi connectivity index (χ4v) is 2.59. The normalized spacial score (nSPS) is 11.0. The van der Waals surface area contributed by atoms with Crippen LogP contribution in [0.2, 0.25) is 10.0 Å². The van der Waals surface area contributed by atoms with Gasteiger partial charge < -0.3 is 10.5 Å². The van der Waals surface area contributed by atoms with E-state index in [1.807, 2.05) is 16.7 Å². The number of hydrogen-bond donors (Lipinski definition) is 1. The van der Waals surface area contributed by atoms with Crippen molar-refractivity contribution >= 4 is 34.5 Å². The summed E-state index contributed by atoms with van der Waals surface area (Å²) in [7, 11) is 0. The summed E-state index contributed by atoms with van der Waals surface area (Å²) in [5, 5.41) is 9.37. The van der Waals surface area contributed by atoms with Crippen LogP contribution in [0.5, 0.6) is 5.75 Å². The average Bonchev–Trinajstić information content (AvgIpc) is 2.88. The van der Waals surface area contributed by atoms with Gasteiger partial charge in [0.1, 0.15) is 11.6 Å². The molecular weight excluding hydrogens is 323 g/mol. The Labute approximate surface area is 137 Å². The number of anilines is 1. The lowest BCUT2D eigenvalue weighted by Gasteiger charge is -2.07. The van der Waals surface area contributed by atoms with Gasteiger partial charge in [-0.15, -0.1) is 10.2 Å². The maximum absolute atomic E-state index is 6.05. The fraction of sp³-hybridized carbons (Fsp3) is 0.200. The molecule has 0 bridgehead atoms. The zero-order valence-electron chi connectivity index (χ0n) is 11.7. The number of nitrogens with two attached hydrogens (primary N) is 1. The van der Waals surface area contributed by atoms with Crippen LogP contribution in [0.25, 0.3) is 5.65 Å². The summed E-state index contributed by atoms with van der Waals surface area (Å²) in [6.45, 7) is 0.526. The molecule has 0 unspecified atom stereocenters. The molecule has 0 atom stereocenters. The molecular formula is C15H14Cl2N4O. The highest BCUT2D eigenvalue weighted by atomic mass is 35.5. The highest BCUT2D eigenvalue weighted by molar-refractivity contribution is 6.35. The third-order valence-corrected chi connectivity index (χ3v) is 3.72. The van der Waals surface area contributed by atoms with Crippen LogP contribution in [0, 0.1) is 0 Å². The molecule has 0 spiro atoms. The Morgan fingerprint density at radius 2 is 2.00 bits per heavy atom. The molecule has 0 saturated heterocycles. The van der Waals surface area contributed by atoms with Crippen LogP contribution >= 0.6 is 23.2 Å². The average molecular weight is 337 g/mol. The smallest absolute Gasteiger partial charge is 0.160 e. The zero-order chi connectivity index (χ0) is 15.5. The monoisotopic (exact) mass is 336 g/mol. The standard InChI is InChI=1S/C15H14Cl2N4O/c16-10-3-5-13(12(17)8-10)22-7-1-2-14-19-20-15-6-4-11(18)9-21(14)15/h3-6,8-9H,1-2,7,18H2. The van der Waals surface area contributed by atoms with E-state index in [1.54, 1.807) is 24.3 Å². The Balaban J connectivity index is 1.59. The van der Waals surface area contributed by atoms with E-state index in [0.717, 1.165) is 24.3 Å². The van der Waals surface area contributed by atoms with Crippen LogP contribution in [0.1, 0.15) is 12.2 Å². The van der Waals surface area contributed by atoms with Crippen molar-refractivity contribution in [3.8, 4) is 5.75 Å². The number of hydrogen-bond acceptors (Lipinski definition) is 4. The van der Waals surface area contributed by atoms with Crippen molar-refractivity contribution in [1.29, 1.82) is 0 Å². The predicted molar refractivity (Wildman–Crippen MR) is 87.7 cm³/mol. The summed E-state index contributed by atoms with van der Waals surface area (Å²) >= 11 is 11.9. The maximum Gasteiger partial charge on any atom is 0.160 e. The molecule has 5 nitrogen and oxygen atoms in total. The number of nitrogens with zero attached hydrogens (tertiary/aromatic N) is 3. The topological polar surface area (TPSA) is 65.4 Å². The van der Waals surface area contributed by atoms with Crippen molar-refractivity contribution in [1.82, 2.24) is 14.6 Å². The first-order valence-corrected chi connectivity index (χ1v) is 7.56. The molecule has 0 amide bonds. The number of pyridine rings is 1. The number of halogens is 2. The van der Waals surface area contributed by atoms with Gasteiger partial charge in [0, 0.05) is 23.3 Å². The molecule has 3 rings (SSSR count). The highest BCUT2D eigenvalue weighted by Gasteiger charge is 2.06. The summed E-state index contributed by atoms with van der Waals surface area (Å²) < 4.78 is 7.55. The molecule has 2 N–H and O–H groups in total. The molecule has 0 aliphatic carbocycles. The third kappa shape index (κ3) is 3.26. The second kappa shape index (κ2) is 6.42. The minimum absolute atomic E-state index is 0.508. The Hall–Kier alpha value is -1.98. The Kier molecular flexibility index (Phi) is 4.36. The number of nitrogen functional groups attached to an aromatic ring is 1. The largest absolute Gasteiger partial charge is 0.492 e. The Morgan fingerprint density at radius 1 is 1.14 bits per heavy atom. The van der Waals surface area contributed by atoms with E-state index in [2.05, 4.69) is 10.2 Å².